The van der Waals surface area contributed by atoms with Crippen LogP contribution in [0.4, 0.5) is 4.39 Å². The third kappa shape index (κ3) is 1.60. The van der Waals surface area contributed by atoms with Gasteiger partial charge in [0.05, 0.1) is 6.04 Å². The molecule has 2 aromatic rings. The maximum absolute atomic E-state index is 13.1. The lowest BCUT2D eigenvalue weighted by atomic mass is 10.2. The molecule has 1 aliphatic rings. The molecule has 0 fully saturated rings. The molecule has 3 rings (SSSR count). The molecule has 0 N–H and O–H groups in total. The summed E-state index contributed by atoms with van der Waals surface area (Å²) < 4.78 is 20.7. The molecular weight excluding hydrogens is 219 g/mol. The van der Waals surface area contributed by atoms with Crippen molar-refractivity contribution in [1.82, 2.24) is 4.57 Å². The van der Waals surface area contributed by atoms with Crippen LogP contribution in [0.15, 0.2) is 29.3 Å². The smallest absolute Gasteiger partial charge is 0.233 e. The zero-order valence-electron chi connectivity index (χ0n) is 9.77. The van der Waals surface area contributed by atoms with Gasteiger partial charge in [0.25, 0.3) is 0 Å². The predicted octanol–water partition coefficient (Wildman–Crippen LogP) is 2.48. The summed E-state index contributed by atoms with van der Waals surface area (Å²) in [4.78, 5) is 4.42. The van der Waals surface area contributed by atoms with E-state index in [4.69, 9.17) is 4.74 Å². The Balaban J connectivity index is 2.18. The van der Waals surface area contributed by atoms with E-state index < -0.39 is 0 Å². The van der Waals surface area contributed by atoms with Gasteiger partial charge in [-0.15, -0.1) is 0 Å². The average molecular weight is 232 g/mol. The van der Waals surface area contributed by atoms with E-state index >= 15 is 0 Å². The molecule has 3 nitrogen and oxygen atoms in total. The Kier molecular flexibility index (Phi) is 2.18. The largest absolute Gasteiger partial charge is 0.474 e. The highest BCUT2D eigenvalue weighted by molar-refractivity contribution is 5.99. The fourth-order valence-electron chi connectivity index (χ4n) is 2.14. The second kappa shape index (κ2) is 3.58. The van der Waals surface area contributed by atoms with Gasteiger partial charge < -0.3 is 9.30 Å². The van der Waals surface area contributed by atoms with Crippen LogP contribution in [0.25, 0.3) is 10.9 Å². The maximum atomic E-state index is 13.1. The normalized spacial score (nSPS) is 19.5. The van der Waals surface area contributed by atoms with E-state index in [1.54, 1.807) is 6.07 Å². The highest BCUT2D eigenvalue weighted by Crippen LogP contribution is 2.22. The number of aliphatic imine (C=N–C) groups is 1. The zero-order chi connectivity index (χ0) is 12.0. The number of aromatic nitrogens is 1. The Bertz CT molecular complexity index is 615. The molecule has 0 bridgehead atoms. The summed E-state index contributed by atoms with van der Waals surface area (Å²) in [5.74, 6) is 0.425. The molecule has 1 aliphatic heterocycles. The fourth-order valence-corrected chi connectivity index (χ4v) is 2.14. The quantitative estimate of drug-likeness (QED) is 0.742. The maximum Gasteiger partial charge on any atom is 0.233 e. The highest BCUT2D eigenvalue weighted by atomic mass is 19.1. The van der Waals surface area contributed by atoms with Gasteiger partial charge in [-0.3, -0.25) is 0 Å². The Morgan fingerprint density at radius 1 is 1.41 bits per heavy atom. The van der Waals surface area contributed by atoms with Gasteiger partial charge in [0.1, 0.15) is 18.1 Å². The molecule has 0 spiro atoms. The molecule has 1 unspecified atom stereocenters. The molecule has 0 saturated heterocycles. The second-order valence-corrected chi connectivity index (χ2v) is 4.39. The van der Waals surface area contributed by atoms with E-state index in [0.717, 1.165) is 16.6 Å². The van der Waals surface area contributed by atoms with Crippen LogP contribution in [0.3, 0.4) is 0 Å². The number of benzene rings is 1. The third-order valence-electron chi connectivity index (χ3n) is 3.02. The van der Waals surface area contributed by atoms with Crippen molar-refractivity contribution in [1.29, 1.82) is 0 Å². The van der Waals surface area contributed by atoms with Crippen molar-refractivity contribution in [2.24, 2.45) is 12.0 Å². The van der Waals surface area contributed by atoms with Crippen molar-refractivity contribution in [2.75, 3.05) is 6.61 Å². The lowest BCUT2D eigenvalue weighted by Crippen LogP contribution is -2.06. The summed E-state index contributed by atoms with van der Waals surface area (Å²) in [7, 11) is 1.93. The van der Waals surface area contributed by atoms with E-state index in [-0.39, 0.29) is 11.9 Å². The van der Waals surface area contributed by atoms with Crippen LogP contribution < -0.4 is 0 Å². The molecule has 2 heterocycles. The van der Waals surface area contributed by atoms with Crippen molar-refractivity contribution in [3.63, 3.8) is 0 Å². The lowest BCUT2D eigenvalue weighted by Gasteiger charge is -2.03. The van der Waals surface area contributed by atoms with Crippen LogP contribution in [0.1, 0.15) is 12.6 Å². The molecule has 1 aromatic heterocycles. The summed E-state index contributed by atoms with van der Waals surface area (Å²) in [6.07, 6.45) is 0. The predicted molar refractivity (Wildman–Crippen MR) is 64.8 cm³/mol. The molecule has 0 amide bonds. The van der Waals surface area contributed by atoms with Crippen LogP contribution in [0, 0.1) is 5.82 Å². The van der Waals surface area contributed by atoms with Gasteiger partial charge in [0.2, 0.25) is 5.90 Å². The SMILES string of the molecule is CC1COC(c2cc3cc(F)ccc3n2C)=N1. The monoisotopic (exact) mass is 232 g/mol. The van der Waals surface area contributed by atoms with Crippen LogP contribution >= 0.6 is 0 Å². The number of halogens is 1. The van der Waals surface area contributed by atoms with Crippen molar-refractivity contribution in [2.45, 2.75) is 13.0 Å². The van der Waals surface area contributed by atoms with Gasteiger partial charge in [-0.05, 0) is 31.2 Å². The molecule has 0 saturated carbocycles. The van der Waals surface area contributed by atoms with Crippen LogP contribution in [-0.4, -0.2) is 23.1 Å². The first-order valence-corrected chi connectivity index (χ1v) is 5.61. The topological polar surface area (TPSA) is 26.5 Å². The van der Waals surface area contributed by atoms with Crippen molar-refractivity contribution < 1.29 is 9.13 Å². The molecule has 17 heavy (non-hydrogen) atoms. The second-order valence-electron chi connectivity index (χ2n) is 4.39. The Hall–Kier alpha value is -1.84. The molecule has 1 aromatic carbocycles. The van der Waals surface area contributed by atoms with E-state index in [1.807, 2.05) is 24.6 Å². The van der Waals surface area contributed by atoms with Gasteiger partial charge in [-0.25, -0.2) is 9.38 Å². The first-order valence-electron chi connectivity index (χ1n) is 5.61. The summed E-state index contributed by atoms with van der Waals surface area (Å²) >= 11 is 0. The number of ether oxygens (including phenoxy) is 1. The summed E-state index contributed by atoms with van der Waals surface area (Å²) in [5.41, 5.74) is 1.88. The van der Waals surface area contributed by atoms with Crippen molar-refractivity contribution >= 4 is 16.8 Å². The molecule has 88 valence electrons. The molecule has 0 radical (unpaired) electrons. The molecule has 4 heteroatoms. The summed E-state index contributed by atoms with van der Waals surface area (Å²) in [6.45, 7) is 2.63. The minimum atomic E-state index is -0.225. The third-order valence-corrected chi connectivity index (χ3v) is 3.02. The van der Waals surface area contributed by atoms with Gasteiger partial charge >= 0.3 is 0 Å². The molecular formula is C13H13FN2O. The number of rotatable bonds is 1. The van der Waals surface area contributed by atoms with Crippen LogP contribution in [-0.2, 0) is 11.8 Å². The fraction of sp³-hybridized carbons (Fsp3) is 0.308. The van der Waals surface area contributed by atoms with E-state index in [0.29, 0.717) is 12.5 Å². The number of fused-ring (bicyclic) bond motifs is 1. The van der Waals surface area contributed by atoms with Crippen LogP contribution in [0.2, 0.25) is 0 Å². The van der Waals surface area contributed by atoms with E-state index in [2.05, 4.69) is 4.99 Å². The van der Waals surface area contributed by atoms with Crippen LogP contribution in [0.5, 0.6) is 0 Å². The number of hydrogen-bond donors (Lipinski definition) is 0. The number of aryl methyl sites for hydroxylation is 1. The number of hydrogen-bond acceptors (Lipinski definition) is 2. The van der Waals surface area contributed by atoms with Crippen molar-refractivity contribution in [3.8, 4) is 0 Å². The van der Waals surface area contributed by atoms with Gasteiger partial charge in [-0.1, -0.05) is 0 Å². The minimum absolute atomic E-state index is 0.194. The number of nitrogens with zero attached hydrogens (tertiary/aromatic N) is 2. The average Bonchev–Trinajstić information content (AvgIpc) is 2.83. The minimum Gasteiger partial charge on any atom is -0.474 e. The van der Waals surface area contributed by atoms with Gasteiger partial charge in [0, 0.05) is 18.0 Å². The lowest BCUT2D eigenvalue weighted by molar-refractivity contribution is 0.322. The summed E-state index contributed by atoms with van der Waals surface area (Å²) in [6, 6.07) is 6.87. The Morgan fingerprint density at radius 3 is 2.94 bits per heavy atom. The van der Waals surface area contributed by atoms with E-state index in [1.165, 1.54) is 12.1 Å². The van der Waals surface area contributed by atoms with E-state index in [9.17, 15) is 4.39 Å². The Morgan fingerprint density at radius 2 is 2.24 bits per heavy atom. The highest BCUT2D eigenvalue weighted by Gasteiger charge is 2.19. The summed E-state index contributed by atoms with van der Waals surface area (Å²) in [5, 5.41) is 0.869. The van der Waals surface area contributed by atoms with Gasteiger partial charge in [-0.2, -0.15) is 0 Å². The molecule has 0 aliphatic carbocycles. The Labute approximate surface area is 98.5 Å². The molecule has 1 atom stereocenters. The first kappa shape index (κ1) is 10.3. The first-order chi connectivity index (χ1) is 8.15. The van der Waals surface area contributed by atoms with Crippen molar-refractivity contribution in [3.05, 3.63) is 35.8 Å². The van der Waals surface area contributed by atoms with Gasteiger partial charge in [0.15, 0.2) is 0 Å². The standard InChI is InChI=1S/C13H13FN2O/c1-8-7-17-13(15-8)12-6-9-5-10(14)3-4-11(9)16(12)2/h3-6,8H,7H2,1-2H3. The zero-order valence-corrected chi connectivity index (χ0v) is 9.77.